The quantitative estimate of drug-likeness (QED) is 0.787. The van der Waals surface area contributed by atoms with Crippen molar-refractivity contribution in [1.82, 2.24) is 14.7 Å². The van der Waals surface area contributed by atoms with Crippen LogP contribution in [0.4, 0.5) is 10.5 Å². The van der Waals surface area contributed by atoms with Crippen molar-refractivity contribution in [3.05, 3.63) is 29.8 Å². The van der Waals surface area contributed by atoms with E-state index in [1.165, 1.54) is 6.92 Å². The van der Waals surface area contributed by atoms with Crippen LogP contribution in [0.25, 0.3) is 0 Å². The molecule has 1 aliphatic rings. The Bertz CT molecular complexity index is 633. The van der Waals surface area contributed by atoms with Crippen molar-refractivity contribution in [2.75, 3.05) is 51.1 Å². The highest BCUT2D eigenvalue weighted by molar-refractivity contribution is 5.95. The fourth-order valence-electron chi connectivity index (χ4n) is 2.97. The average molecular weight is 360 g/mol. The third-order valence-corrected chi connectivity index (χ3v) is 4.68. The number of piperazine rings is 1. The molecule has 1 heterocycles. The molecular weight excluding hydrogens is 332 g/mol. The molecule has 2 rings (SSSR count). The molecule has 1 aliphatic heterocycles. The zero-order valence-corrected chi connectivity index (χ0v) is 15.8. The second kappa shape index (κ2) is 9.33. The Morgan fingerprint density at radius 1 is 1.00 bits per heavy atom. The molecule has 142 valence electrons. The van der Waals surface area contributed by atoms with Crippen LogP contribution in [0.2, 0.25) is 0 Å². The minimum Gasteiger partial charge on any atom is -0.342 e. The Kier molecular flexibility index (Phi) is 7.15. The number of carbonyl (C=O) groups excluding carboxylic acids is 3. The van der Waals surface area contributed by atoms with Crippen LogP contribution in [0.15, 0.2) is 24.3 Å². The van der Waals surface area contributed by atoms with E-state index in [-0.39, 0.29) is 17.7 Å². The lowest BCUT2D eigenvalue weighted by Crippen LogP contribution is -2.52. The van der Waals surface area contributed by atoms with E-state index in [9.17, 15) is 14.4 Å². The van der Waals surface area contributed by atoms with Crippen molar-refractivity contribution < 1.29 is 14.4 Å². The lowest BCUT2D eigenvalue weighted by Gasteiger charge is -2.35. The summed E-state index contributed by atoms with van der Waals surface area (Å²) < 4.78 is 0. The molecule has 0 unspecified atom stereocenters. The first-order valence-corrected chi connectivity index (χ1v) is 9.11. The number of hydrogen-bond acceptors (Lipinski definition) is 4. The molecule has 26 heavy (non-hydrogen) atoms. The summed E-state index contributed by atoms with van der Waals surface area (Å²) in [6.07, 6.45) is 0. The van der Waals surface area contributed by atoms with Crippen molar-refractivity contribution >= 4 is 23.4 Å². The molecule has 1 fully saturated rings. The molecular formula is C19H28N4O3. The maximum atomic E-state index is 12.4. The summed E-state index contributed by atoms with van der Waals surface area (Å²) >= 11 is 0. The third kappa shape index (κ3) is 5.29. The maximum absolute atomic E-state index is 12.4. The third-order valence-electron chi connectivity index (χ3n) is 4.68. The molecule has 7 heteroatoms. The number of nitrogens with zero attached hydrogens (tertiary/aromatic N) is 3. The average Bonchev–Trinajstić information content (AvgIpc) is 2.63. The molecule has 1 aromatic rings. The number of amides is 3. The Morgan fingerprint density at radius 2 is 1.58 bits per heavy atom. The van der Waals surface area contributed by atoms with Gasteiger partial charge in [-0.25, -0.2) is 4.79 Å². The van der Waals surface area contributed by atoms with E-state index in [0.29, 0.717) is 44.0 Å². The molecule has 0 aliphatic carbocycles. The van der Waals surface area contributed by atoms with Crippen LogP contribution in [-0.2, 0) is 4.79 Å². The Balaban J connectivity index is 1.80. The normalized spacial score (nSPS) is 14.8. The summed E-state index contributed by atoms with van der Waals surface area (Å²) in [6, 6.07) is 6.71. The van der Waals surface area contributed by atoms with Crippen molar-refractivity contribution in [3.8, 4) is 0 Å². The number of benzene rings is 1. The molecule has 1 aromatic carbocycles. The topological polar surface area (TPSA) is 73.0 Å². The van der Waals surface area contributed by atoms with Gasteiger partial charge in [-0.05, 0) is 45.0 Å². The van der Waals surface area contributed by atoms with Gasteiger partial charge < -0.3 is 15.1 Å². The molecule has 1 saturated heterocycles. The van der Waals surface area contributed by atoms with Crippen LogP contribution < -0.4 is 5.32 Å². The number of anilines is 1. The van der Waals surface area contributed by atoms with Gasteiger partial charge in [0.1, 0.15) is 0 Å². The van der Waals surface area contributed by atoms with Gasteiger partial charge in [-0.2, -0.15) is 0 Å². The predicted molar refractivity (Wildman–Crippen MR) is 101 cm³/mol. The lowest BCUT2D eigenvalue weighted by molar-refractivity contribution is -0.132. The van der Waals surface area contributed by atoms with Crippen LogP contribution in [-0.4, -0.2) is 78.2 Å². The highest BCUT2D eigenvalue weighted by atomic mass is 16.2. The molecule has 0 radical (unpaired) electrons. The minimum atomic E-state index is -0.157. The second-order valence-electron chi connectivity index (χ2n) is 6.39. The summed E-state index contributed by atoms with van der Waals surface area (Å²) in [5.74, 6) is 0.136. The van der Waals surface area contributed by atoms with E-state index in [1.54, 1.807) is 29.2 Å². The number of urea groups is 1. The van der Waals surface area contributed by atoms with Gasteiger partial charge in [0, 0.05) is 50.5 Å². The van der Waals surface area contributed by atoms with Crippen molar-refractivity contribution in [2.45, 2.75) is 20.8 Å². The summed E-state index contributed by atoms with van der Waals surface area (Å²) in [6.45, 7) is 9.86. The predicted octanol–water partition coefficient (Wildman–Crippen LogP) is 1.91. The molecule has 1 N–H and O–H groups in total. The molecule has 3 amide bonds. The van der Waals surface area contributed by atoms with Gasteiger partial charge in [-0.3, -0.25) is 14.5 Å². The van der Waals surface area contributed by atoms with Gasteiger partial charge in [-0.15, -0.1) is 0 Å². The molecule has 0 bridgehead atoms. The number of carbonyl (C=O) groups is 3. The maximum Gasteiger partial charge on any atom is 0.321 e. The summed E-state index contributed by atoms with van der Waals surface area (Å²) in [7, 11) is 0. The number of rotatable bonds is 6. The molecule has 0 spiro atoms. The zero-order chi connectivity index (χ0) is 19.1. The number of Topliss-reactive ketones (excluding diaryl/α,β-unsaturated/α-hetero) is 1. The van der Waals surface area contributed by atoms with Crippen LogP contribution in [0, 0.1) is 0 Å². The van der Waals surface area contributed by atoms with E-state index in [1.807, 2.05) is 18.7 Å². The minimum absolute atomic E-state index is 0.00161. The van der Waals surface area contributed by atoms with Crippen LogP contribution >= 0.6 is 0 Å². The summed E-state index contributed by atoms with van der Waals surface area (Å²) in [4.78, 5) is 41.5. The highest BCUT2D eigenvalue weighted by Gasteiger charge is 2.23. The SMILES string of the molecule is CCN(CC)C(=O)CN1CCN(C(=O)Nc2ccc(C(C)=O)cc2)CC1. The Morgan fingerprint density at radius 3 is 2.08 bits per heavy atom. The number of likely N-dealkylation sites (N-methyl/N-ethyl adjacent to an activating group) is 1. The second-order valence-corrected chi connectivity index (χ2v) is 6.39. The summed E-state index contributed by atoms with van der Waals surface area (Å²) in [5, 5.41) is 2.85. The van der Waals surface area contributed by atoms with E-state index in [0.717, 1.165) is 13.1 Å². The standard InChI is InChI=1S/C19H28N4O3/c1-4-22(5-2)18(25)14-21-10-12-23(13-11-21)19(26)20-17-8-6-16(7-9-17)15(3)24/h6-9H,4-5,10-14H2,1-3H3,(H,20,26). The Hall–Kier alpha value is -2.41. The fourth-order valence-corrected chi connectivity index (χ4v) is 2.97. The first-order valence-electron chi connectivity index (χ1n) is 9.11. The van der Waals surface area contributed by atoms with Gasteiger partial charge >= 0.3 is 6.03 Å². The lowest BCUT2D eigenvalue weighted by atomic mass is 10.1. The summed E-state index contributed by atoms with van der Waals surface area (Å²) in [5.41, 5.74) is 1.29. The van der Waals surface area contributed by atoms with Crippen molar-refractivity contribution in [3.63, 3.8) is 0 Å². The molecule has 0 saturated carbocycles. The van der Waals surface area contributed by atoms with Gasteiger partial charge in [0.2, 0.25) is 5.91 Å². The fraction of sp³-hybridized carbons (Fsp3) is 0.526. The smallest absolute Gasteiger partial charge is 0.321 e. The molecule has 0 aromatic heterocycles. The van der Waals surface area contributed by atoms with Gasteiger partial charge in [0.05, 0.1) is 6.54 Å². The monoisotopic (exact) mass is 360 g/mol. The van der Waals surface area contributed by atoms with E-state index in [2.05, 4.69) is 10.2 Å². The van der Waals surface area contributed by atoms with Gasteiger partial charge in [-0.1, -0.05) is 0 Å². The van der Waals surface area contributed by atoms with Gasteiger partial charge in [0.25, 0.3) is 0 Å². The van der Waals surface area contributed by atoms with Crippen LogP contribution in [0.1, 0.15) is 31.1 Å². The molecule has 7 nitrogen and oxygen atoms in total. The van der Waals surface area contributed by atoms with Gasteiger partial charge in [0.15, 0.2) is 5.78 Å². The first-order chi connectivity index (χ1) is 12.4. The van der Waals surface area contributed by atoms with E-state index >= 15 is 0 Å². The number of hydrogen-bond donors (Lipinski definition) is 1. The van der Waals surface area contributed by atoms with Crippen LogP contribution in [0.5, 0.6) is 0 Å². The van der Waals surface area contributed by atoms with E-state index in [4.69, 9.17) is 0 Å². The first kappa shape index (κ1) is 19.9. The number of nitrogens with one attached hydrogen (secondary N) is 1. The largest absolute Gasteiger partial charge is 0.342 e. The van der Waals surface area contributed by atoms with E-state index < -0.39 is 0 Å². The Labute approximate surface area is 154 Å². The van der Waals surface area contributed by atoms with Crippen LogP contribution in [0.3, 0.4) is 0 Å². The van der Waals surface area contributed by atoms with Crippen molar-refractivity contribution in [2.24, 2.45) is 0 Å². The zero-order valence-electron chi connectivity index (χ0n) is 15.8. The molecule has 0 atom stereocenters. The number of ketones is 1. The van der Waals surface area contributed by atoms with Crippen molar-refractivity contribution in [1.29, 1.82) is 0 Å². The highest BCUT2D eigenvalue weighted by Crippen LogP contribution is 2.12.